The molecule has 0 aliphatic carbocycles. The molecule has 15 heavy (non-hydrogen) atoms. The van der Waals surface area contributed by atoms with E-state index in [1.165, 1.54) is 0 Å². The Kier molecular flexibility index (Phi) is 3.62. The van der Waals surface area contributed by atoms with Crippen LogP contribution in [0.5, 0.6) is 0 Å². The molecule has 0 radical (unpaired) electrons. The van der Waals surface area contributed by atoms with Gasteiger partial charge in [0.2, 0.25) is 0 Å². The minimum atomic E-state index is -4.40. The first kappa shape index (κ1) is 12.3. The normalized spacial score (nSPS) is 26.5. The number of carboxylic acids is 1. The number of Topliss-reactive ketones (excluding diaryl/α,β-unsaturated/α-hetero) is 1. The molecule has 1 heterocycles. The molecule has 0 bridgehead atoms. The standard InChI is InChI=1S/C7H12NO6P/c9-5(3-15(12,13)14)4-1-2-8-6(4)7(10)11/h4,6,8H,1-3H2,(H,10,11)(H2,12,13,14)/t4-,6-/m0/s1. The lowest BCUT2D eigenvalue weighted by Crippen LogP contribution is -2.39. The Morgan fingerprint density at radius 2 is 2.00 bits per heavy atom. The lowest BCUT2D eigenvalue weighted by molar-refractivity contribution is -0.142. The van der Waals surface area contributed by atoms with E-state index >= 15 is 0 Å². The molecule has 1 saturated heterocycles. The highest BCUT2D eigenvalue weighted by Crippen LogP contribution is 2.36. The van der Waals surface area contributed by atoms with E-state index in [0.717, 1.165) is 0 Å². The van der Waals surface area contributed by atoms with Gasteiger partial charge in [0.1, 0.15) is 18.0 Å². The molecule has 1 aliphatic rings. The van der Waals surface area contributed by atoms with E-state index in [9.17, 15) is 14.2 Å². The average Bonchev–Trinajstić information content (AvgIpc) is 2.47. The minimum absolute atomic E-state index is 0.301. The maximum Gasteiger partial charge on any atom is 0.332 e. The van der Waals surface area contributed by atoms with Gasteiger partial charge in [-0.25, -0.2) is 0 Å². The van der Waals surface area contributed by atoms with E-state index in [-0.39, 0.29) is 0 Å². The Balaban J connectivity index is 2.67. The van der Waals surface area contributed by atoms with E-state index in [2.05, 4.69) is 5.32 Å². The van der Waals surface area contributed by atoms with Crippen molar-refractivity contribution < 1.29 is 29.0 Å². The van der Waals surface area contributed by atoms with Crippen LogP contribution in [-0.2, 0) is 14.2 Å². The number of hydrogen-bond acceptors (Lipinski definition) is 4. The van der Waals surface area contributed by atoms with E-state index < -0.39 is 37.5 Å². The highest BCUT2D eigenvalue weighted by atomic mass is 31.2. The zero-order valence-electron chi connectivity index (χ0n) is 7.79. The molecule has 0 saturated carbocycles. The molecule has 7 nitrogen and oxygen atoms in total. The molecule has 1 aliphatic heterocycles. The fraction of sp³-hybridized carbons (Fsp3) is 0.714. The Hall–Kier alpha value is -0.750. The number of hydrogen-bond donors (Lipinski definition) is 4. The van der Waals surface area contributed by atoms with Gasteiger partial charge in [-0.05, 0) is 13.0 Å². The molecule has 0 aromatic carbocycles. The summed E-state index contributed by atoms with van der Waals surface area (Å²) < 4.78 is 10.6. The maximum absolute atomic E-state index is 11.4. The third-order valence-electron chi connectivity index (χ3n) is 2.26. The van der Waals surface area contributed by atoms with Crippen LogP contribution >= 0.6 is 7.60 Å². The third kappa shape index (κ3) is 3.39. The molecule has 0 unspecified atom stereocenters. The molecule has 1 fully saturated rings. The van der Waals surface area contributed by atoms with E-state index in [1.807, 2.05) is 0 Å². The number of nitrogens with one attached hydrogen (secondary N) is 1. The number of carbonyl (C=O) groups is 2. The summed E-state index contributed by atoms with van der Waals surface area (Å²) in [7, 11) is -4.40. The van der Waals surface area contributed by atoms with Crippen LogP contribution < -0.4 is 5.32 Å². The Bertz CT molecular complexity index is 323. The van der Waals surface area contributed by atoms with Gasteiger partial charge in [-0.2, -0.15) is 0 Å². The van der Waals surface area contributed by atoms with Crippen LogP contribution in [0.25, 0.3) is 0 Å². The van der Waals surface area contributed by atoms with Crippen LogP contribution in [0.15, 0.2) is 0 Å². The molecule has 86 valence electrons. The van der Waals surface area contributed by atoms with Gasteiger partial charge in [0.25, 0.3) is 0 Å². The lowest BCUT2D eigenvalue weighted by atomic mass is 9.97. The fourth-order valence-corrected chi connectivity index (χ4v) is 2.27. The van der Waals surface area contributed by atoms with Crippen LogP contribution in [0.2, 0.25) is 0 Å². The van der Waals surface area contributed by atoms with Crippen molar-refractivity contribution >= 4 is 19.3 Å². The van der Waals surface area contributed by atoms with Crippen molar-refractivity contribution in [1.29, 1.82) is 0 Å². The van der Waals surface area contributed by atoms with E-state index in [0.29, 0.717) is 13.0 Å². The smallest absolute Gasteiger partial charge is 0.332 e. The average molecular weight is 237 g/mol. The van der Waals surface area contributed by atoms with Crippen LogP contribution in [0.4, 0.5) is 0 Å². The topological polar surface area (TPSA) is 124 Å². The summed E-state index contributed by atoms with van der Waals surface area (Å²) in [6.07, 6.45) is -0.584. The van der Waals surface area contributed by atoms with Crippen molar-refractivity contribution in [2.24, 2.45) is 5.92 Å². The van der Waals surface area contributed by atoms with Crippen LogP contribution in [0, 0.1) is 5.92 Å². The fourth-order valence-electron chi connectivity index (χ4n) is 1.63. The maximum atomic E-state index is 11.4. The van der Waals surface area contributed by atoms with Crippen LogP contribution in [0.3, 0.4) is 0 Å². The van der Waals surface area contributed by atoms with Crippen molar-refractivity contribution in [3.05, 3.63) is 0 Å². The summed E-state index contributed by atoms with van der Waals surface area (Å²) >= 11 is 0. The predicted octanol–water partition coefficient (Wildman–Crippen LogP) is -1.20. The number of rotatable bonds is 4. The number of ketones is 1. The predicted molar refractivity (Wildman–Crippen MR) is 49.5 cm³/mol. The molecule has 4 N–H and O–H groups in total. The van der Waals surface area contributed by atoms with Crippen molar-refractivity contribution in [2.75, 3.05) is 12.7 Å². The highest BCUT2D eigenvalue weighted by Gasteiger charge is 2.39. The van der Waals surface area contributed by atoms with E-state index in [4.69, 9.17) is 14.9 Å². The van der Waals surface area contributed by atoms with Crippen molar-refractivity contribution in [3.8, 4) is 0 Å². The van der Waals surface area contributed by atoms with Crippen LogP contribution in [0.1, 0.15) is 6.42 Å². The highest BCUT2D eigenvalue weighted by molar-refractivity contribution is 7.52. The second kappa shape index (κ2) is 4.40. The second-order valence-corrected chi connectivity index (χ2v) is 5.10. The number of carboxylic acid groups (broad SMARTS) is 1. The van der Waals surface area contributed by atoms with E-state index in [1.54, 1.807) is 0 Å². The van der Waals surface area contributed by atoms with Gasteiger partial charge in [0, 0.05) is 5.92 Å². The van der Waals surface area contributed by atoms with Gasteiger partial charge >= 0.3 is 13.6 Å². The largest absolute Gasteiger partial charge is 0.480 e. The van der Waals surface area contributed by atoms with Gasteiger partial charge < -0.3 is 20.2 Å². The van der Waals surface area contributed by atoms with Gasteiger partial charge in [0.15, 0.2) is 0 Å². The summed E-state index contributed by atoms with van der Waals surface area (Å²) in [5.41, 5.74) is 0. The first-order valence-electron chi connectivity index (χ1n) is 4.35. The molecule has 8 heteroatoms. The van der Waals surface area contributed by atoms with Crippen LogP contribution in [-0.4, -0.2) is 45.4 Å². The van der Waals surface area contributed by atoms with Gasteiger partial charge in [-0.15, -0.1) is 0 Å². The first-order valence-corrected chi connectivity index (χ1v) is 6.14. The molecule has 0 spiro atoms. The molecule has 0 aromatic rings. The van der Waals surface area contributed by atoms with Gasteiger partial charge in [-0.3, -0.25) is 14.2 Å². The molecule has 0 amide bonds. The summed E-state index contributed by atoms with van der Waals surface area (Å²) in [6.45, 7) is 0.370. The first-order chi connectivity index (χ1) is 6.81. The molecular weight excluding hydrogens is 225 g/mol. The van der Waals surface area contributed by atoms with Gasteiger partial charge in [0.05, 0.1) is 0 Å². The second-order valence-electron chi connectivity index (χ2n) is 3.45. The molecule has 2 atom stereocenters. The summed E-state index contributed by atoms with van der Waals surface area (Å²) in [5, 5.41) is 11.3. The van der Waals surface area contributed by atoms with Crippen molar-refractivity contribution in [1.82, 2.24) is 5.32 Å². The quantitative estimate of drug-likeness (QED) is 0.452. The Labute approximate surface area is 85.6 Å². The summed E-state index contributed by atoms with van der Waals surface area (Å²) in [5.74, 6) is -2.70. The summed E-state index contributed by atoms with van der Waals surface area (Å²) in [4.78, 5) is 39.2. The Morgan fingerprint density at radius 1 is 1.40 bits per heavy atom. The number of aliphatic carboxylic acids is 1. The Morgan fingerprint density at radius 3 is 2.47 bits per heavy atom. The zero-order valence-corrected chi connectivity index (χ0v) is 8.68. The lowest BCUT2D eigenvalue weighted by Gasteiger charge is -2.14. The monoisotopic (exact) mass is 237 g/mol. The van der Waals surface area contributed by atoms with Crippen molar-refractivity contribution in [3.63, 3.8) is 0 Å². The van der Waals surface area contributed by atoms with Crippen molar-refractivity contribution in [2.45, 2.75) is 12.5 Å². The van der Waals surface area contributed by atoms with Gasteiger partial charge in [-0.1, -0.05) is 0 Å². The summed E-state index contributed by atoms with van der Waals surface area (Å²) in [6, 6.07) is -1.02. The third-order valence-corrected chi connectivity index (χ3v) is 2.99. The number of carbonyl (C=O) groups excluding carboxylic acids is 1. The molecular formula is C7H12NO6P. The SMILES string of the molecule is O=C(O)[C@H]1NCC[C@H]1C(=O)CP(=O)(O)O. The molecule has 1 rings (SSSR count). The zero-order chi connectivity index (χ0) is 11.6. The molecule has 0 aromatic heterocycles. The minimum Gasteiger partial charge on any atom is -0.480 e.